The highest BCUT2D eigenvalue weighted by molar-refractivity contribution is 5.89. The van der Waals surface area contributed by atoms with Gasteiger partial charge in [0.25, 0.3) is 0 Å². The number of hydrogen-bond donors (Lipinski definition) is 1. The van der Waals surface area contributed by atoms with Gasteiger partial charge in [-0.1, -0.05) is 30.9 Å². The van der Waals surface area contributed by atoms with Crippen LogP contribution in [0.5, 0.6) is 0 Å². The quantitative estimate of drug-likeness (QED) is 0.579. The molecule has 5 heteroatoms. The first-order valence-corrected chi connectivity index (χ1v) is 10.8. The van der Waals surface area contributed by atoms with Crippen LogP contribution in [0.15, 0.2) is 73.7 Å². The van der Waals surface area contributed by atoms with E-state index in [1.807, 2.05) is 18.5 Å². The van der Waals surface area contributed by atoms with Crippen molar-refractivity contribution in [3.8, 4) is 0 Å². The van der Waals surface area contributed by atoms with Gasteiger partial charge in [-0.15, -0.1) is 0 Å². The molecule has 0 radical (unpaired) electrons. The molecule has 1 aromatic carbocycles. The lowest BCUT2D eigenvalue weighted by atomic mass is 10.0. The van der Waals surface area contributed by atoms with Crippen LogP contribution in [0.4, 0.5) is 11.6 Å². The summed E-state index contributed by atoms with van der Waals surface area (Å²) in [6.07, 6.45) is 13.7. The second kappa shape index (κ2) is 8.26. The molecule has 0 aliphatic carbocycles. The van der Waals surface area contributed by atoms with E-state index >= 15 is 0 Å². The summed E-state index contributed by atoms with van der Waals surface area (Å²) in [4.78, 5) is 13.6. The van der Waals surface area contributed by atoms with E-state index in [1.54, 1.807) is 0 Å². The van der Waals surface area contributed by atoms with Crippen LogP contribution in [0, 0.1) is 0 Å². The average Bonchev–Trinajstić information content (AvgIpc) is 3.34. The van der Waals surface area contributed by atoms with Gasteiger partial charge in [0, 0.05) is 62.5 Å². The molecule has 0 saturated carbocycles. The van der Waals surface area contributed by atoms with Gasteiger partial charge in [-0.2, -0.15) is 0 Å². The topological polar surface area (TPSA) is 44.3 Å². The lowest BCUT2D eigenvalue weighted by molar-refractivity contribution is 0.642. The maximum absolute atomic E-state index is 4.60. The highest BCUT2D eigenvalue weighted by Gasteiger charge is 2.14. The molecular weight excluding hydrogens is 382 g/mol. The minimum atomic E-state index is 0. The summed E-state index contributed by atoms with van der Waals surface area (Å²) in [5, 5.41) is 5.66. The number of fused-ring (bicyclic) bond motifs is 1. The SMILES string of the molecule is C=C(Nc1cc2cc(C3=CCC=CN3C)ccc2cn1)c1ccnc(N2CCCC2)c1.[HH]. The summed E-state index contributed by atoms with van der Waals surface area (Å²) < 4.78 is 0. The maximum Gasteiger partial charge on any atom is 0.130 e. The third kappa shape index (κ3) is 4.04. The minimum Gasteiger partial charge on any atom is -0.357 e. The molecule has 5 rings (SSSR count). The summed E-state index contributed by atoms with van der Waals surface area (Å²) in [6, 6.07) is 12.7. The van der Waals surface area contributed by atoms with Gasteiger partial charge in [-0.05, 0) is 54.5 Å². The second-order valence-corrected chi connectivity index (χ2v) is 8.15. The molecule has 0 atom stereocenters. The molecule has 0 spiro atoms. The summed E-state index contributed by atoms with van der Waals surface area (Å²) in [5.41, 5.74) is 4.30. The van der Waals surface area contributed by atoms with Crippen molar-refractivity contribution in [1.29, 1.82) is 0 Å². The average molecular weight is 412 g/mol. The molecule has 2 aliphatic rings. The zero-order valence-electron chi connectivity index (χ0n) is 17.9. The third-order valence-corrected chi connectivity index (χ3v) is 5.98. The smallest absolute Gasteiger partial charge is 0.130 e. The van der Waals surface area contributed by atoms with Crippen molar-refractivity contribution in [2.75, 3.05) is 30.4 Å². The number of aromatic nitrogens is 2. The predicted octanol–water partition coefficient (Wildman–Crippen LogP) is 5.75. The van der Waals surface area contributed by atoms with Crippen molar-refractivity contribution in [2.45, 2.75) is 19.3 Å². The fourth-order valence-corrected chi connectivity index (χ4v) is 4.27. The van der Waals surface area contributed by atoms with Gasteiger partial charge in [0.05, 0.1) is 0 Å². The Balaban J connectivity index is 0.00000245. The standard InChI is InChI=1S/C26H27N5.H2/c1-19(20-10-11-27-26(17-20)31-13-5-6-14-31)29-25-16-23-15-21(8-9-22(23)18-28-25)24-7-3-4-12-30(24)2;/h4,7-12,15-18H,1,3,5-6,13-14H2,2H3,(H,28,29);1H. The number of allylic oxidation sites excluding steroid dienone is 2. The molecule has 1 N–H and O–H groups in total. The van der Waals surface area contributed by atoms with Crippen LogP contribution in [-0.2, 0) is 0 Å². The molecule has 1 fully saturated rings. The normalized spacial score (nSPS) is 16.0. The Morgan fingerprint density at radius 2 is 1.94 bits per heavy atom. The lowest BCUT2D eigenvalue weighted by Crippen LogP contribution is -2.19. The molecule has 2 aromatic heterocycles. The van der Waals surface area contributed by atoms with Crippen molar-refractivity contribution in [1.82, 2.24) is 14.9 Å². The lowest BCUT2D eigenvalue weighted by Gasteiger charge is -2.22. The van der Waals surface area contributed by atoms with E-state index in [0.29, 0.717) is 0 Å². The second-order valence-electron chi connectivity index (χ2n) is 8.15. The van der Waals surface area contributed by atoms with Crippen LogP contribution in [0.3, 0.4) is 0 Å². The molecule has 31 heavy (non-hydrogen) atoms. The summed E-state index contributed by atoms with van der Waals surface area (Å²) in [6.45, 7) is 6.40. The van der Waals surface area contributed by atoms with Gasteiger partial charge in [0.1, 0.15) is 11.6 Å². The Labute approximate surface area is 184 Å². The molecule has 0 unspecified atom stereocenters. The van der Waals surface area contributed by atoms with Gasteiger partial charge in [-0.25, -0.2) is 9.97 Å². The van der Waals surface area contributed by atoms with Crippen LogP contribution >= 0.6 is 0 Å². The van der Waals surface area contributed by atoms with Crippen molar-refractivity contribution in [3.05, 3.63) is 84.8 Å². The van der Waals surface area contributed by atoms with Gasteiger partial charge >= 0.3 is 0 Å². The van der Waals surface area contributed by atoms with E-state index in [4.69, 9.17) is 0 Å². The van der Waals surface area contributed by atoms with Gasteiger partial charge in [0.15, 0.2) is 0 Å². The van der Waals surface area contributed by atoms with Gasteiger partial charge in [0.2, 0.25) is 0 Å². The number of anilines is 2. The van der Waals surface area contributed by atoms with Crippen molar-refractivity contribution < 1.29 is 1.43 Å². The van der Waals surface area contributed by atoms with Crippen molar-refractivity contribution in [2.24, 2.45) is 0 Å². The first-order valence-electron chi connectivity index (χ1n) is 10.8. The Kier molecular flexibility index (Phi) is 5.16. The molecule has 3 aromatic rings. The van der Waals surface area contributed by atoms with Crippen LogP contribution in [0.1, 0.15) is 31.8 Å². The van der Waals surface area contributed by atoms with E-state index in [1.165, 1.54) is 24.1 Å². The highest BCUT2D eigenvalue weighted by Crippen LogP contribution is 2.28. The highest BCUT2D eigenvalue weighted by atomic mass is 15.2. The zero-order valence-corrected chi connectivity index (χ0v) is 17.9. The first-order chi connectivity index (χ1) is 15.2. The van der Waals surface area contributed by atoms with E-state index in [2.05, 4.69) is 87.4 Å². The molecule has 1 saturated heterocycles. The molecule has 0 amide bonds. The Bertz CT molecular complexity index is 1190. The van der Waals surface area contributed by atoms with Gasteiger partial charge < -0.3 is 15.1 Å². The number of nitrogens with zero attached hydrogens (tertiary/aromatic N) is 4. The monoisotopic (exact) mass is 411 g/mol. The number of rotatable bonds is 5. The fraction of sp³-hybridized carbons (Fsp3) is 0.231. The summed E-state index contributed by atoms with van der Waals surface area (Å²) in [5.74, 6) is 1.81. The largest absolute Gasteiger partial charge is 0.357 e. The Morgan fingerprint density at radius 1 is 1.06 bits per heavy atom. The van der Waals surface area contributed by atoms with E-state index < -0.39 is 0 Å². The van der Waals surface area contributed by atoms with Crippen molar-refractivity contribution >= 4 is 33.8 Å². The molecule has 158 valence electrons. The van der Waals surface area contributed by atoms with Crippen LogP contribution in [0.2, 0.25) is 0 Å². The van der Waals surface area contributed by atoms with E-state index in [0.717, 1.165) is 53.2 Å². The van der Waals surface area contributed by atoms with Crippen molar-refractivity contribution in [3.63, 3.8) is 0 Å². The van der Waals surface area contributed by atoms with Gasteiger partial charge in [-0.3, -0.25) is 0 Å². The van der Waals surface area contributed by atoms with Crippen LogP contribution in [-0.4, -0.2) is 35.0 Å². The Morgan fingerprint density at radius 3 is 2.77 bits per heavy atom. The summed E-state index contributed by atoms with van der Waals surface area (Å²) >= 11 is 0. The zero-order chi connectivity index (χ0) is 21.2. The van der Waals surface area contributed by atoms with E-state index in [9.17, 15) is 0 Å². The number of nitrogens with one attached hydrogen (secondary N) is 1. The minimum absolute atomic E-state index is 0. The predicted molar refractivity (Wildman–Crippen MR) is 132 cm³/mol. The number of benzene rings is 1. The van der Waals surface area contributed by atoms with Crippen LogP contribution in [0.25, 0.3) is 22.2 Å². The molecule has 4 heterocycles. The first kappa shape index (κ1) is 19.4. The maximum atomic E-state index is 4.60. The third-order valence-electron chi connectivity index (χ3n) is 5.98. The fourth-order valence-electron chi connectivity index (χ4n) is 4.27. The Hall–Kier alpha value is -3.60. The summed E-state index contributed by atoms with van der Waals surface area (Å²) in [7, 11) is 2.08. The van der Waals surface area contributed by atoms with Crippen LogP contribution < -0.4 is 10.2 Å². The number of hydrogen-bond acceptors (Lipinski definition) is 5. The molecule has 0 bridgehead atoms. The molecule has 5 nitrogen and oxygen atoms in total. The van der Waals surface area contributed by atoms with E-state index in [-0.39, 0.29) is 1.43 Å². The molecular formula is C26H29N5. The molecule has 2 aliphatic heterocycles. The number of pyridine rings is 2.